The molecule has 0 bridgehead atoms. The molecule has 4 nitrogen and oxygen atoms in total. The van der Waals surface area contributed by atoms with Crippen LogP contribution in [0.5, 0.6) is 17.2 Å². The van der Waals surface area contributed by atoms with E-state index >= 15 is 0 Å². The molecule has 0 fully saturated rings. The number of rotatable bonds is 4. The number of nitrogens with zero attached hydrogens (tertiary/aromatic N) is 1. The van der Waals surface area contributed by atoms with E-state index in [1.807, 2.05) is 42.5 Å². The van der Waals surface area contributed by atoms with Crippen molar-refractivity contribution >= 4 is 23.2 Å². The summed E-state index contributed by atoms with van der Waals surface area (Å²) < 4.78 is 11.1. The van der Waals surface area contributed by atoms with E-state index in [0.29, 0.717) is 27.2 Å². The second kappa shape index (κ2) is 7.35. The Morgan fingerprint density at radius 2 is 1.59 bits per heavy atom. The molecule has 0 radical (unpaired) electrons. The third kappa shape index (κ3) is 3.77. The van der Waals surface area contributed by atoms with E-state index in [0.717, 1.165) is 11.1 Å². The van der Waals surface area contributed by atoms with Gasteiger partial charge in [0.2, 0.25) is 0 Å². The fraction of sp³-hybridized carbons (Fsp3) is 0. The molecular weight excluding hydrogens is 385 g/mol. The number of phenols is 1. The molecule has 134 valence electrons. The molecule has 1 aromatic heterocycles. The van der Waals surface area contributed by atoms with Crippen LogP contribution in [0.3, 0.4) is 0 Å². The Morgan fingerprint density at radius 3 is 2.33 bits per heavy atom. The summed E-state index contributed by atoms with van der Waals surface area (Å²) >= 11 is 12.2. The Bertz CT molecular complexity index is 1090. The van der Waals surface area contributed by atoms with Gasteiger partial charge in [0, 0.05) is 28.3 Å². The number of aromatic hydroxyl groups is 1. The normalized spacial score (nSPS) is 10.7. The van der Waals surface area contributed by atoms with Crippen LogP contribution < -0.4 is 4.74 Å². The molecule has 1 heterocycles. The van der Waals surface area contributed by atoms with Crippen LogP contribution in [0, 0.1) is 0 Å². The van der Waals surface area contributed by atoms with E-state index in [-0.39, 0.29) is 11.5 Å². The summed E-state index contributed by atoms with van der Waals surface area (Å²) in [6, 6.07) is 21.4. The zero-order chi connectivity index (χ0) is 18.8. The van der Waals surface area contributed by atoms with Gasteiger partial charge in [0.05, 0.1) is 5.02 Å². The molecule has 3 aromatic carbocycles. The average Bonchev–Trinajstić information content (AvgIpc) is 3.16. The largest absolute Gasteiger partial charge is 0.504 e. The minimum Gasteiger partial charge on any atom is -0.504 e. The van der Waals surface area contributed by atoms with Crippen molar-refractivity contribution in [2.45, 2.75) is 0 Å². The lowest BCUT2D eigenvalue weighted by Crippen LogP contribution is -1.87. The van der Waals surface area contributed by atoms with Crippen LogP contribution in [0.4, 0.5) is 0 Å². The Kier molecular flexibility index (Phi) is 4.75. The quantitative estimate of drug-likeness (QED) is 0.410. The number of ether oxygens (including phenoxy) is 1. The van der Waals surface area contributed by atoms with E-state index in [2.05, 4.69) is 5.16 Å². The van der Waals surface area contributed by atoms with Crippen LogP contribution in [0.25, 0.3) is 22.6 Å². The topological polar surface area (TPSA) is 55.5 Å². The lowest BCUT2D eigenvalue weighted by atomic mass is 10.1. The van der Waals surface area contributed by atoms with Crippen molar-refractivity contribution in [2.24, 2.45) is 0 Å². The molecule has 1 N–H and O–H groups in total. The van der Waals surface area contributed by atoms with E-state index in [9.17, 15) is 5.11 Å². The fourth-order valence-corrected chi connectivity index (χ4v) is 2.97. The maximum Gasteiger partial charge on any atom is 0.169 e. The lowest BCUT2D eigenvalue weighted by molar-refractivity contribution is 0.411. The minimum absolute atomic E-state index is 0.0633. The molecule has 0 aliphatic heterocycles. The summed E-state index contributed by atoms with van der Waals surface area (Å²) in [4.78, 5) is 0. The van der Waals surface area contributed by atoms with Gasteiger partial charge in [0.25, 0.3) is 0 Å². The number of benzene rings is 3. The first-order valence-electron chi connectivity index (χ1n) is 8.08. The summed E-state index contributed by atoms with van der Waals surface area (Å²) in [6.07, 6.45) is 0. The minimum atomic E-state index is -0.0633. The fourth-order valence-electron chi connectivity index (χ4n) is 2.59. The second-order valence-corrected chi connectivity index (χ2v) is 6.65. The first-order valence-corrected chi connectivity index (χ1v) is 8.84. The van der Waals surface area contributed by atoms with Gasteiger partial charge in [-0.25, -0.2) is 0 Å². The SMILES string of the molecule is Oc1cc(Cl)ccc1Oc1ccc(-c2cc(-c3ccccc3)on2)cc1Cl. The van der Waals surface area contributed by atoms with E-state index in [1.165, 1.54) is 6.07 Å². The van der Waals surface area contributed by atoms with E-state index < -0.39 is 0 Å². The maximum atomic E-state index is 9.91. The Morgan fingerprint density at radius 1 is 0.815 bits per heavy atom. The van der Waals surface area contributed by atoms with Crippen LogP contribution in [-0.2, 0) is 0 Å². The maximum absolute atomic E-state index is 9.91. The summed E-state index contributed by atoms with van der Waals surface area (Å²) in [5.41, 5.74) is 2.40. The zero-order valence-corrected chi connectivity index (χ0v) is 15.4. The monoisotopic (exact) mass is 397 g/mol. The summed E-state index contributed by atoms with van der Waals surface area (Å²) in [5, 5.41) is 14.8. The highest BCUT2D eigenvalue weighted by atomic mass is 35.5. The predicted octanol–water partition coefficient (Wildman–Crippen LogP) is 6.81. The molecule has 0 atom stereocenters. The van der Waals surface area contributed by atoms with Crippen molar-refractivity contribution in [3.63, 3.8) is 0 Å². The molecule has 0 aliphatic rings. The molecule has 27 heavy (non-hydrogen) atoms. The Balaban J connectivity index is 1.59. The van der Waals surface area contributed by atoms with Crippen LogP contribution in [0.2, 0.25) is 10.0 Å². The highest BCUT2D eigenvalue weighted by Crippen LogP contribution is 2.38. The molecular formula is C21H13Cl2NO3. The highest BCUT2D eigenvalue weighted by molar-refractivity contribution is 6.32. The van der Waals surface area contributed by atoms with E-state index in [4.69, 9.17) is 32.5 Å². The van der Waals surface area contributed by atoms with Gasteiger partial charge in [-0.2, -0.15) is 0 Å². The van der Waals surface area contributed by atoms with Gasteiger partial charge in [0.15, 0.2) is 17.3 Å². The standard InChI is InChI=1S/C21H13Cl2NO3/c22-15-7-9-20(18(25)11-15)26-19-8-6-14(10-16(19)23)17-12-21(27-24-17)13-4-2-1-3-5-13/h1-12,25H. The second-order valence-electron chi connectivity index (χ2n) is 5.80. The Hall–Kier alpha value is -2.95. The average molecular weight is 398 g/mol. The number of hydrogen-bond acceptors (Lipinski definition) is 4. The van der Waals surface area contributed by atoms with Gasteiger partial charge in [-0.3, -0.25) is 0 Å². The highest BCUT2D eigenvalue weighted by Gasteiger charge is 2.12. The molecule has 4 aromatic rings. The van der Waals surface area contributed by atoms with Crippen LogP contribution in [-0.4, -0.2) is 10.3 Å². The number of aromatic nitrogens is 1. The van der Waals surface area contributed by atoms with Crippen molar-refractivity contribution in [1.82, 2.24) is 5.16 Å². The van der Waals surface area contributed by atoms with Crippen LogP contribution in [0.1, 0.15) is 0 Å². The molecule has 0 unspecified atom stereocenters. The van der Waals surface area contributed by atoms with Gasteiger partial charge < -0.3 is 14.4 Å². The summed E-state index contributed by atoms with van der Waals surface area (Å²) in [6.45, 7) is 0. The Labute approximate surface area is 165 Å². The van der Waals surface area contributed by atoms with Crippen molar-refractivity contribution in [3.8, 4) is 39.8 Å². The predicted molar refractivity (Wildman–Crippen MR) is 106 cm³/mol. The zero-order valence-electron chi connectivity index (χ0n) is 13.9. The molecule has 0 spiro atoms. The molecule has 6 heteroatoms. The molecule has 0 amide bonds. The van der Waals surface area contributed by atoms with Crippen molar-refractivity contribution in [3.05, 3.63) is 82.8 Å². The number of halogens is 2. The lowest BCUT2D eigenvalue weighted by Gasteiger charge is -2.10. The first-order chi connectivity index (χ1) is 13.1. The van der Waals surface area contributed by atoms with Gasteiger partial charge in [-0.15, -0.1) is 0 Å². The van der Waals surface area contributed by atoms with Crippen LogP contribution in [0.15, 0.2) is 77.3 Å². The first kappa shape index (κ1) is 17.5. The molecule has 0 saturated heterocycles. The smallest absolute Gasteiger partial charge is 0.169 e. The van der Waals surface area contributed by atoms with Crippen molar-refractivity contribution in [2.75, 3.05) is 0 Å². The molecule has 0 aliphatic carbocycles. The number of phenolic OH excluding ortho intramolecular Hbond substituents is 1. The summed E-state index contributed by atoms with van der Waals surface area (Å²) in [5.74, 6) is 1.28. The number of hydrogen-bond donors (Lipinski definition) is 1. The van der Waals surface area contributed by atoms with E-state index in [1.54, 1.807) is 24.3 Å². The molecule has 4 rings (SSSR count). The van der Waals surface area contributed by atoms with Gasteiger partial charge in [0.1, 0.15) is 11.4 Å². The van der Waals surface area contributed by atoms with Crippen molar-refractivity contribution in [1.29, 1.82) is 0 Å². The van der Waals surface area contributed by atoms with Crippen LogP contribution >= 0.6 is 23.2 Å². The molecule has 0 saturated carbocycles. The van der Waals surface area contributed by atoms with Gasteiger partial charge >= 0.3 is 0 Å². The van der Waals surface area contributed by atoms with Gasteiger partial charge in [-0.05, 0) is 30.3 Å². The summed E-state index contributed by atoms with van der Waals surface area (Å²) in [7, 11) is 0. The van der Waals surface area contributed by atoms with Crippen molar-refractivity contribution < 1.29 is 14.4 Å². The third-order valence-corrected chi connectivity index (χ3v) is 4.47. The van der Waals surface area contributed by atoms with Gasteiger partial charge in [-0.1, -0.05) is 58.7 Å². The third-order valence-electron chi connectivity index (χ3n) is 3.94.